The van der Waals surface area contributed by atoms with Crippen LogP contribution < -0.4 is 15.5 Å². The number of amides is 1. The number of hydrogen-bond acceptors (Lipinski definition) is 5. The van der Waals surface area contributed by atoms with Gasteiger partial charge in [-0.3, -0.25) is 4.79 Å². The van der Waals surface area contributed by atoms with E-state index < -0.39 is 5.91 Å². The van der Waals surface area contributed by atoms with Gasteiger partial charge in [-0.25, -0.2) is 5.43 Å². The van der Waals surface area contributed by atoms with Gasteiger partial charge in [-0.2, -0.15) is 5.10 Å². The number of carbonyl (C=O) groups is 1. The number of methoxy groups -OCH3 is 1. The van der Waals surface area contributed by atoms with Gasteiger partial charge < -0.3 is 14.5 Å². The molecule has 1 heterocycles. The summed E-state index contributed by atoms with van der Waals surface area (Å²) in [6, 6.07) is 20.5. The summed E-state index contributed by atoms with van der Waals surface area (Å²) < 4.78 is 10.6. The first-order valence-corrected chi connectivity index (χ1v) is 8.10. The number of furan rings is 1. The summed E-state index contributed by atoms with van der Waals surface area (Å²) >= 11 is 0. The molecule has 0 fully saturated rings. The highest BCUT2D eigenvalue weighted by atomic mass is 16.5. The lowest BCUT2D eigenvalue weighted by atomic mass is 10.2. The molecule has 0 aliphatic heterocycles. The van der Waals surface area contributed by atoms with Crippen molar-refractivity contribution in [1.29, 1.82) is 0 Å². The van der Waals surface area contributed by atoms with Gasteiger partial charge in [0.2, 0.25) is 0 Å². The van der Waals surface area contributed by atoms with Crippen molar-refractivity contribution >= 4 is 17.8 Å². The van der Waals surface area contributed by atoms with E-state index in [-0.39, 0.29) is 5.76 Å². The first-order chi connectivity index (χ1) is 12.7. The fourth-order valence-corrected chi connectivity index (χ4v) is 2.25. The van der Waals surface area contributed by atoms with Crippen molar-refractivity contribution in [2.45, 2.75) is 6.54 Å². The van der Waals surface area contributed by atoms with Crippen LogP contribution in [0.5, 0.6) is 5.75 Å². The Labute approximate surface area is 151 Å². The number of hydrogen-bond donors (Lipinski definition) is 2. The molecule has 1 amide bonds. The van der Waals surface area contributed by atoms with Gasteiger partial charge in [0.05, 0.1) is 19.9 Å². The second kappa shape index (κ2) is 8.53. The lowest BCUT2D eigenvalue weighted by Gasteiger charge is -2.03. The zero-order chi connectivity index (χ0) is 18.2. The molecule has 6 nitrogen and oxygen atoms in total. The van der Waals surface area contributed by atoms with Crippen LogP contribution in [0.3, 0.4) is 0 Å². The lowest BCUT2D eigenvalue weighted by molar-refractivity contribution is 0.0926. The van der Waals surface area contributed by atoms with Crippen molar-refractivity contribution in [3.63, 3.8) is 0 Å². The predicted molar refractivity (Wildman–Crippen MR) is 101 cm³/mol. The number of nitrogens with one attached hydrogen (secondary N) is 2. The number of hydrazone groups is 1. The van der Waals surface area contributed by atoms with Crippen molar-refractivity contribution in [1.82, 2.24) is 5.43 Å². The third-order valence-corrected chi connectivity index (χ3v) is 3.62. The fraction of sp³-hybridized carbons (Fsp3) is 0.100. The molecular weight excluding hydrogens is 330 g/mol. The Morgan fingerprint density at radius 1 is 1.08 bits per heavy atom. The van der Waals surface area contributed by atoms with E-state index in [1.807, 2.05) is 54.6 Å². The van der Waals surface area contributed by atoms with Crippen LogP contribution in [0, 0.1) is 0 Å². The van der Waals surface area contributed by atoms with E-state index in [0.29, 0.717) is 12.3 Å². The first-order valence-electron chi connectivity index (χ1n) is 8.10. The van der Waals surface area contributed by atoms with Crippen molar-refractivity contribution in [2.75, 3.05) is 12.4 Å². The van der Waals surface area contributed by atoms with E-state index in [4.69, 9.17) is 9.15 Å². The van der Waals surface area contributed by atoms with E-state index in [1.165, 1.54) is 0 Å². The number of para-hydroxylation sites is 1. The van der Waals surface area contributed by atoms with Crippen molar-refractivity contribution in [2.24, 2.45) is 5.10 Å². The van der Waals surface area contributed by atoms with E-state index >= 15 is 0 Å². The van der Waals surface area contributed by atoms with Crippen molar-refractivity contribution < 1.29 is 13.9 Å². The van der Waals surface area contributed by atoms with Gasteiger partial charge in [0.15, 0.2) is 5.76 Å². The molecule has 0 atom stereocenters. The summed E-state index contributed by atoms with van der Waals surface area (Å²) in [6.45, 7) is 0.492. The predicted octanol–water partition coefficient (Wildman–Crippen LogP) is 3.66. The van der Waals surface area contributed by atoms with Gasteiger partial charge >= 0.3 is 5.91 Å². The number of anilines is 1. The average Bonchev–Trinajstić information content (AvgIpc) is 3.17. The number of rotatable bonds is 7. The molecular formula is C20H19N3O3. The van der Waals surface area contributed by atoms with Gasteiger partial charge in [0, 0.05) is 5.69 Å². The molecule has 0 radical (unpaired) electrons. The summed E-state index contributed by atoms with van der Waals surface area (Å²) in [6.07, 6.45) is 1.55. The topological polar surface area (TPSA) is 75.9 Å². The quantitative estimate of drug-likeness (QED) is 0.504. The Hall–Kier alpha value is -3.54. The van der Waals surface area contributed by atoms with Crippen LogP contribution in [-0.4, -0.2) is 19.2 Å². The van der Waals surface area contributed by atoms with Crippen LogP contribution in [0.4, 0.5) is 5.69 Å². The van der Waals surface area contributed by atoms with Crippen LogP contribution >= 0.6 is 0 Å². The van der Waals surface area contributed by atoms with E-state index in [2.05, 4.69) is 15.8 Å². The van der Waals surface area contributed by atoms with Gasteiger partial charge in [-0.05, 0) is 54.1 Å². The third kappa shape index (κ3) is 4.73. The van der Waals surface area contributed by atoms with E-state index in [9.17, 15) is 4.79 Å². The largest absolute Gasteiger partial charge is 0.497 e. The van der Waals surface area contributed by atoms with Gasteiger partial charge in [-0.15, -0.1) is 0 Å². The number of carbonyl (C=O) groups excluding carboxylic acids is 1. The smallest absolute Gasteiger partial charge is 0.307 e. The molecule has 0 aliphatic carbocycles. The fourth-order valence-electron chi connectivity index (χ4n) is 2.25. The Morgan fingerprint density at radius 3 is 2.58 bits per heavy atom. The summed E-state index contributed by atoms with van der Waals surface area (Å²) in [5.41, 5.74) is 4.28. The maximum Gasteiger partial charge on any atom is 0.307 e. The molecule has 3 aromatic rings. The molecule has 0 saturated carbocycles. The summed E-state index contributed by atoms with van der Waals surface area (Å²) in [5.74, 6) is 1.24. The Bertz CT molecular complexity index is 871. The monoisotopic (exact) mass is 349 g/mol. The van der Waals surface area contributed by atoms with Crippen molar-refractivity contribution in [3.05, 3.63) is 83.8 Å². The standard InChI is InChI=1S/C20H19N3O3/c1-25-17-9-7-15(8-10-17)13-22-23-20(24)19-12-11-18(26-19)14-21-16-5-3-2-4-6-16/h2-13,21H,14H2,1H3,(H,23,24). The van der Waals surface area contributed by atoms with E-state index in [1.54, 1.807) is 25.5 Å². The molecule has 0 spiro atoms. The number of benzene rings is 2. The second-order valence-electron chi connectivity index (χ2n) is 5.46. The molecule has 6 heteroatoms. The molecule has 26 heavy (non-hydrogen) atoms. The van der Waals surface area contributed by atoms with Gasteiger partial charge in [0.25, 0.3) is 0 Å². The number of nitrogens with zero attached hydrogens (tertiary/aromatic N) is 1. The summed E-state index contributed by atoms with van der Waals surface area (Å²) in [4.78, 5) is 12.1. The second-order valence-corrected chi connectivity index (χ2v) is 5.46. The Balaban J connectivity index is 1.51. The molecule has 2 N–H and O–H groups in total. The maximum absolute atomic E-state index is 12.1. The van der Waals surface area contributed by atoms with Crippen LogP contribution in [-0.2, 0) is 6.54 Å². The van der Waals surface area contributed by atoms with Crippen LogP contribution in [0.15, 0.2) is 76.2 Å². The zero-order valence-corrected chi connectivity index (χ0v) is 14.3. The maximum atomic E-state index is 12.1. The minimum absolute atomic E-state index is 0.210. The van der Waals surface area contributed by atoms with E-state index in [0.717, 1.165) is 17.0 Å². The molecule has 0 unspecified atom stereocenters. The molecule has 0 bridgehead atoms. The Morgan fingerprint density at radius 2 is 1.85 bits per heavy atom. The SMILES string of the molecule is COc1ccc(C=NNC(=O)c2ccc(CNc3ccccc3)o2)cc1. The third-order valence-electron chi connectivity index (χ3n) is 3.62. The van der Waals surface area contributed by atoms with Crippen LogP contribution in [0.2, 0.25) is 0 Å². The van der Waals surface area contributed by atoms with Gasteiger partial charge in [-0.1, -0.05) is 18.2 Å². The minimum atomic E-state index is -0.402. The minimum Gasteiger partial charge on any atom is -0.497 e. The highest BCUT2D eigenvalue weighted by molar-refractivity contribution is 5.92. The average molecular weight is 349 g/mol. The summed E-state index contributed by atoms with van der Waals surface area (Å²) in [5, 5.41) is 7.16. The number of ether oxygens (including phenoxy) is 1. The highest BCUT2D eigenvalue weighted by Gasteiger charge is 2.10. The molecule has 0 saturated heterocycles. The molecule has 2 aromatic carbocycles. The lowest BCUT2D eigenvalue weighted by Crippen LogP contribution is -2.16. The first kappa shape index (κ1) is 17.3. The summed E-state index contributed by atoms with van der Waals surface area (Å²) in [7, 11) is 1.61. The highest BCUT2D eigenvalue weighted by Crippen LogP contribution is 2.12. The Kier molecular flexibility index (Phi) is 5.67. The zero-order valence-electron chi connectivity index (χ0n) is 14.3. The van der Waals surface area contributed by atoms with Crippen molar-refractivity contribution in [3.8, 4) is 5.75 Å². The van der Waals surface area contributed by atoms with Crippen LogP contribution in [0.25, 0.3) is 0 Å². The van der Waals surface area contributed by atoms with Crippen LogP contribution in [0.1, 0.15) is 21.9 Å². The molecule has 132 valence electrons. The molecule has 1 aromatic heterocycles. The molecule has 0 aliphatic rings. The molecule has 3 rings (SSSR count). The normalized spacial score (nSPS) is 10.7. The van der Waals surface area contributed by atoms with Gasteiger partial charge in [0.1, 0.15) is 11.5 Å².